The van der Waals surface area contributed by atoms with Gasteiger partial charge in [-0.2, -0.15) is 9.67 Å². The third-order valence-electron chi connectivity index (χ3n) is 6.40. The molecular weight excluding hydrogens is 542 g/mol. The molecule has 2 aromatic heterocycles. The number of rotatable bonds is 7. The molecule has 2 aromatic carbocycles. The highest BCUT2D eigenvalue weighted by Gasteiger charge is 2.46. The molecule has 3 heterocycles. The molecule has 39 heavy (non-hydrogen) atoms. The first-order valence-corrected chi connectivity index (χ1v) is 13.0. The summed E-state index contributed by atoms with van der Waals surface area (Å²) in [5.41, 5.74) is 2.26. The molecule has 4 aromatic rings. The van der Waals surface area contributed by atoms with Crippen molar-refractivity contribution in [1.29, 1.82) is 0 Å². The van der Waals surface area contributed by atoms with E-state index in [0.29, 0.717) is 34.8 Å². The van der Waals surface area contributed by atoms with Crippen LogP contribution in [0.3, 0.4) is 0 Å². The first-order valence-electron chi connectivity index (χ1n) is 12.3. The highest BCUT2D eigenvalue weighted by atomic mass is 35.5. The van der Waals surface area contributed by atoms with E-state index in [-0.39, 0.29) is 28.4 Å². The Morgan fingerprint density at radius 1 is 1.03 bits per heavy atom. The molecule has 1 aliphatic heterocycles. The van der Waals surface area contributed by atoms with Gasteiger partial charge in [-0.25, -0.2) is 9.07 Å². The zero-order valence-corrected chi connectivity index (χ0v) is 22.6. The Bertz CT molecular complexity index is 1650. The summed E-state index contributed by atoms with van der Waals surface area (Å²) in [6.07, 6.45) is 4.41. The van der Waals surface area contributed by atoms with Crippen LogP contribution >= 0.6 is 23.2 Å². The Morgan fingerprint density at radius 2 is 1.77 bits per heavy atom. The van der Waals surface area contributed by atoms with E-state index in [0.717, 1.165) is 10.5 Å². The van der Waals surface area contributed by atoms with Crippen molar-refractivity contribution in [3.05, 3.63) is 105 Å². The maximum atomic E-state index is 14.0. The fourth-order valence-electron chi connectivity index (χ4n) is 4.58. The van der Waals surface area contributed by atoms with Gasteiger partial charge in [0.05, 0.1) is 28.0 Å². The van der Waals surface area contributed by atoms with E-state index < -0.39 is 23.5 Å². The number of benzene rings is 2. The topological polar surface area (TPSA) is 82.1 Å². The quantitative estimate of drug-likeness (QED) is 0.236. The van der Waals surface area contributed by atoms with E-state index in [1.807, 2.05) is 19.9 Å². The van der Waals surface area contributed by atoms with Crippen molar-refractivity contribution in [2.75, 3.05) is 0 Å². The van der Waals surface area contributed by atoms with Crippen molar-refractivity contribution in [3.8, 4) is 11.6 Å². The van der Waals surface area contributed by atoms with Gasteiger partial charge in [-0.15, -0.1) is 0 Å². The minimum absolute atomic E-state index is 0.0301. The number of nitrogens with zero attached hydrogens (tertiary/aromatic N) is 4. The molecule has 0 radical (unpaired) electrons. The monoisotopic (exact) mass is 564 g/mol. The van der Waals surface area contributed by atoms with Crippen molar-refractivity contribution in [1.82, 2.24) is 14.7 Å². The second-order valence-corrected chi connectivity index (χ2v) is 10.0. The van der Waals surface area contributed by atoms with Crippen molar-refractivity contribution >= 4 is 46.3 Å². The highest BCUT2D eigenvalue weighted by molar-refractivity contribution is 6.45. The fraction of sp³-hybridized carbons (Fsp3) is 0.172. The molecule has 10 heteroatoms. The number of aryl methyl sites for hydroxylation is 2. The van der Waals surface area contributed by atoms with Crippen LogP contribution in [-0.2, 0) is 22.6 Å². The van der Waals surface area contributed by atoms with Crippen LogP contribution in [-0.4, -0.2) is 26.5 Å². The van der Waals surface area contributed by atoms with Crippen LogP contribution in [0.15, 0.2) is 67.0 Å². The van der Waals surface area contributed by atoms with Gasteiger partial charge in [-0.3, -0.25) is 14.5 Å². The standard InChI is InChI=1S/C29H23Cl2FN4O3/c1-3-5-23-24(28(38)36(33-23)20-11-12-21(30)22(31)14-20)25-26(34-13-4-6-17(2)15-34)29(39)35(27(25)37)16-18-7-9-19(32)10-8-18/h4,6-15H,3,5,16H2,1-2H3. The highest BCUT2D eigenvalue weighted by Crippen LogP contribution is 2.38. The molecule has 0 N–H and O–H groups in total. The summed E-state index contributed by atoms with van der Waals surface area (Å²) in [5, 5.41) is 19.0. The summed E-state index contributed by atoms with van der Waals surface area (Å²) >= 11 is 12.3. The van der Waals surface area contributed by atoms with Gasteiger partial charge in [0.2, 0.25) is 0 Å². The molecule has 198 valence electrons. The van der Waals surface area contributed by atoms with Crippen LogP contribution < -0.4 is 9.67 Å². The molecule has 0 saturated carbocycles. The molecule has 0 unspecified atom stereocenters. The maximum absolute atomic E-state index is 14.0. The minimum Gasteiger partial charge on any atom is -0.858 e. The Balaban J connectivity index is 1.71. The SMILES string of the molecule is CCCc1nn(-c2ccc(Cl)c(Cl)c2)c([O-])c1C1=C([n+]2cccc(C)c2)C(=O)N(Cc2ccc(F)cc2)C1=O. The largest absolute Gasteiger partial charge is 0.858 e. The predicted octanol–water partition coefficient (Wildman–Crippen LogP) is 4.88. The molecule has 5 rings (SSSR count). The smallest absolute Gasteiger partial charge is 0.327 e. The van der Waals surface area contributed by atoms with Gasteiger partial charge < -0.3 is 5.11 Å². The van der Waals surface area contributed by atoms with Crippen LogP contribution in [0, 0.1) is 12.7 Å². The van der Waals surface area contributed by atoms with Crippen molar-refractivity contribution in [2.24, 2.45) is 0 Å². The summed E-state index contributed by atoms with van der Waals surface area (Å²) < 4.78 is 16.2. The summed E-state index contributed by atoms with van der Waals surface area (Å²) in [5.74, 6) is -2.18. The van der Waals surface area contributed by atoms with E-state index in [4.69, 9.17) is 23.2 Å². The number of aromatic nitrogens is 3. The van der Waals surface area contributed by atoms with E-state index in [1.165, 1.54) is 35.0 Å². The third-order valence-corrected chi connectivity index (χ3v) is 7.14. The number of hydrogen-bond donors (Lipinski definition) is 0. The summed E-state index contributed by atoms with van der Waals surface area (Å²) in [6.45, 7) is 3.70. The number of halogens is 3. The molecule has 1 aliphatic rings. The normalized spacial score (nSPS) is 13.6. The Kier molecular flexibility index (Phi) is 7.25. The van der Waals surface area contributed by atoms with Gasteiger partial charge in [0, 0.05) is 17.2 Å². The Labute approximate surface area is 234 Å². The average molecular weight is 565 g/mol. The number of carbonyl (C=O) groups excluding carboxylic acids is 2. The molecule has 0 atom stereocenters. The second-order valence-electron chi connectivity index (χ2n) is 9.22. The van der Waals surface area contributed by atoms with E-state index in [9.17, 15) is 19.1 Å². The molecule has 2 amide bonds. The van der Waals surface area contributed by atoms with Gasteiger partial charge in [-0.1, -0.05) is 48.7 Å². The molecule has 7 nitrogen and oxygen atoms in total. The third kappa shape index (κ3) is 4.93. The van der Waals surface area contributed by atoms with Crippen LogP contribution in [0.25, 0.3) is 17.0 Å². The molecule has 0 spiro atoms. The zero-order valence-electron chi connectivity index (χ0n) is 21.1. The van der Waals surface area contributed by atoms with E-state index in [1.54, 1.807) is 35.2 Å². The fourth-order valence-corrected chi connectivity index (χ4v) is 4.87. The van der Waals surface area contributed by atoms with E-state index in [2.05, 4.69) is 5.10 Å². The summed E-state index contributed by atoms with van der Waals surface area (Å²) in [6, 6.07) is 13.8. The lowest BCUT2D eigenvalue weighted by atomic mass is 10.0. The van der Waals surface area contributed by atoms with Gasteiger partial charge >= 0.3 is 5.91 Å². The lowest BCUT2D eigenvalue weighted by Crippen LogP contribution is -2.39. The number of pyridine rings is 1. The van der Waals surface area contributed by atoms with Crippen LogP contribution in [0.5, 0.6) is 5.88 Å². The zero-order chi connectivity index (χ0) is 27.8. The summed E-state index contributed by atoms with van der Waals surface area (Å²) in [4.78, 5) is 28.8. The molecule has 0 fully saturated rings. The van der Waals surface area contributed by atoms with Crippen molar-refractivity contribution < 1.29 is 23.7 Å². The first kappa shape index (κ1) is 26.6. The van der Waals surface area contributed by atoms with E-state index >= 15 is 0 Å². The maximum Gasteiger partial charge on any atom is 0.327 e. The number of amides is 2. The Hall–Kier alpha value is -4.01. The Morgan fingerprint density at radius 3 is 2.44 bits per heavy atom. The number of carbonyl (C=O) groups is 2. The minimum atomic E-state index is -0.628. The van der Waals surface area contributed by atoms with Gasteiger partial charge in [0.1, 0.15) is 11.4 Å². The van der Waals surface area contributed by atoms with Gasteiger partial charge in [-0.05, 0) is 61.2 Å². The lowest BCUT2D eigenvalue weighted by Gasteiger charge is -2.16. The predicted molar refractivity (Wildman–Crippen MR) is 143 cm³/mol. The first-order chi connectivity index (χ1) is 18.7. The molecular formula is C29H23Cl2FN4O3. The van der Waals surface area contributed by atoms with Crippen LogP contribution in [0.1, 0.15) is 35.7 Å². The number of imide groups is 1. The molecule has 0 aliphatic carbocycles. The summed E-state index contributed by atoms with van der Waals surface area (Å²) in [7, 11) is 0. The molecule has 0 saturated heterocycles. The van der Waals surface area contributed by atoms with Crippen LogP contribution in [0.2, 0.25) is 10.0 Å². The van der Waals surface area contributed by atoms with Gasteiger partial charge in [0.25, 0.3) is 11.6 Å². The molecule has 0 bridgehead atoms. The lowest BCUT2D eigenvalue weighted by molar-refractivity contribution is -0.577. The second kappa shape index (κ2) is 10.6. The number of hydrogen-bond acceptors (Lipinski definition) is 4. The van der Waals surface area contributed by atoms with Crippen molar-refractivity contribution in [3.63, 3.8) is 0 Å². The van der Waals surface area contributed by atoms with Crippen molar-refractivity contribution in [2.45, 2.75) is 33.2 Å². The average Bonchev–Trinajstić information content (AvgIpc) is 3.35. The van der Waals surface area contributed by atoms with Crippen LogP contribution in [0.4, 0.5) is 4.39 Å². The van der Waals surface area contributed by atoms with Gasteiger partial charge in [0.15, 0.2) is 12.4 Å².